The van der Waals surface area contributed by atoms with E-state index in [-0.39, 0.29) is 4.99 Å². The van der Waals surface area contributed by atoms with Crippen LogP contribution >= 0.6 is 12.2 Å². The van der Waals surface area contributed by atoms with Crippen molar-refractivity contribution in [2.75, 3.05) is 11.9 Å². The Bertz CT molecular complexity index is 583. The molecule has 0 saturated heterocycles. The van der Waals surface area contributed by atoms with Crippen LogP contribution in [0, 0.1) is 6.92 Å². The van der Waals surface area contributed by atoms with Gasteiger partial charge in [-0.3, -0.25) is 0 Å². The van der Waals surface area contributed by atoms with Crippen molar-refractivity contribution in [2.45, 2.75) is 6.92 Å². The quantitative estimate of drug-likeness (QED) is 0.855. The van der Waals surface area contributed by atoms with E-state index in [1.165, 1.54) is 0 Å². The molecule has 4 nitrogen and oxygen atoms in total. The molecule has 0 unspecified atom stereocenters. The molecule has 0 amide bonds. The zero-order chi connectivity index (χ0) is 13.1. The third-order valence-corrected chi connectivity index (χ3v) is 2.88. The number of benzene rings is 1. The maximum atomic E-state index is 5.57. The molecule has 5 heteroatoms. The summed E-state index contributed by atoms with van der Waals surface area (Å²) in [6, 6.07) is 9.75. The normalized spacial score (nSPS) is 10.1. The number of para-hydroxylation sites is 1. The fourth-order valence-electron chi connectivity index (χ4n) is 1.69. The van der Waals surface area contributed by atoms with Crippen LogP contribution in [0.2, 0.25) is 0 Å². The van der Waals surface area contributed by atoms with Crippen molar-refractivity contribution in [3.05, 3.63) is 47.8 Å². The second-order valence-corrected chi connectivity index (χ2v) is 4.39. The maximum Gasteiger partial charge on any atom is 0.230 e. The first-order valence-electron chi connectivity index (χ1n) is 5.52. The van der Waals surface area contributed by atoms with Crippen molar-refractivity contribution in [3.8, 4) is 0 Å². The van der Waals surface area contributed by atoms with E-state index >= 15 is 0 Å². The average Bonchev–Trinajstić information content (AvgIpc) is 2.38. The van der Waals surface area contributed by atoms with Crippen LogP contribution in [0.5, 0.6) is 0 Å². The molecule has 0 bridgehead atoms. The molecule has 0 spiro atoms. The Kier molecular flexibility index (Phi) is 3.53. The lowest BCUT2D eigenvalue weighted by atomic mass is 10.2. The van der Waals surface area contributed by atoms with Gasteiger partial charge >= 0.3 is 0 Å². The minimum absolute atomic E-state index is 0.275. The van der Waals surface area contributed by atoms with Gasteiger partial charge in [0, 0.05) is 18.9 Å². The van der Waals surface area contributed by atoms with E-state index in [2.05, 4.69) is 9.97 Å². The van der Waals surface area contributed by atoms with Crippen LogP contribution < -0.4 is 10.6 Å². The van der Waals surface area contributed by atoms with Crippen LogP contribution in [-0.2, 0) is 0 Å². The van der Waals surface area contributed by atoms with Gasteiger partial charge in [0.15, 0.2) is 0 Å². The van der Waals surface area contributed by atoms with E-state index in [9.17, 15) is 0 Å². The standard InChI is InChI=1S/C13H14N4S/c1-9-5-3-4-6-11(9)17(2)13-15-8-7-10(16-13)12(14)18/h3-8H,1-2H3,(H2,14,18). The third kappa shape index (κ3) is 2.46. The maximum absolute atomic E-state index is 5.57. The molecule has 2 aromatic rings. The van der Waals surface area contributed by atoms with Crippen LogP contribution in [0.1, 0.15) is 11.3 Å². The van der Waals surface area contributed by atoms with Crippen molar-refractivity contribution in [2.24, 2.45) is 5.73 Å². The summed E-state index contributed by atoms with van der Waals surface area (Å²) in [6.45, 7) is 2.04. The summed E-state index contributed by atoms with van der Waals surface area (Å²) in [6.07, 6.45) is 1.66. The number of nitrogens with two attached hydrogens (primary N) is 1. The Labute approximate surface area is 111 Å². The van der Waals surface area contributed by atoms with Crippen LogP contribution in [0.4, 0.5) is 11.6 Å². The molecule has 0 atom stereocenters. The highest BCUT2D eigenvalue weighted by atomic mass is 32.1. The zero-order valence-corrected chi connectivity index (χ0v) is 11.1. The Morgan fingerprint density at radius 3 is 2.67 bits per heavy atom. The van der Waals surface area contributed by atoms with E-state index in [1.807, 2.05) is 43.1 Å². The first-order chi connectivity index (χ1) is 8.59. The SMILES string of the molecule is Cc1ccccc1N(C)c1nccc(C(N)=S)n1. The molecule has 18 heavy (non-hydrogen) atoms. The molecular formula is C13H14N4S. The number of rotatable bonds is 3. The third-order valence-electron chi connectivity index (χ3n) is 2.67. The molecule has 0 saturated carbocycles. The van der Waals surface area contributed by atoms with Gasteiger partial charge in [0.25, 0.3) is 0 Å². The molecule has 2 rings (SSSR count). The van der Waals surface area contributed by atoms with Gasteiger partial charge in [0.2, 0.25) is 5.95 Å². The molecule has 0 aliphatic rings. The summed E-state index contributed by atoms with van der Waals surface area (Å²) < 4.78 is 0. The Morgan fingerprint density at radius 2 is 2.00 bits per heavy atom. The van der Waals surface area contributed by atoms with Gasteiger partial charge in [-0.15, -0.1) is 0 Å². The van der Waals surface area contributed by atoms with Crippen molar-refractivity contribution < 1.29 is 0 Å². The highest BCUT2D eigenvalue weighted by Crippen LogP contribution is 2.23. The lowest BCUT2D eigenvalue weighted by molar-refractivity contribution is 1.03. The van der Waals surface area contributed by atoms with Gasteiger partial charge in [-0.2, -0.15) is 0 Å². The summed E-state index contributed by atoms with van der Waals surface area (Å²) >= 11 is 4.92. The number of hydrogen-bond acceptors (Lipinski definition) is 4. The predicted molar refractivity (Wildman–Crippen MR) is 77.2 cm³/mol. The molecule has 1 heterocycles. The second kappa shape index (κ2) is 5.10. The summed E-state index contributed by atoms with van der Waals surface area (Å²) in [5.41, 5.74) is 8.36. The molecule has 0 radical (unpaired) electrons. The summed E-state index contributed by atoms with van der Waals surface area (Å²) in [7, 11) is 1.92. The lowest BCUT2D eigenvalue weighted by Crippen LogP contribution is -2.18. The van der Waals surface area contributed by atoms with E-state index < -0.39 is 0 Å². The van der Waals surface area contributed by atoms with Gasteiger partial charge in [-0.05, 0) is 24.6 Å². The Balaban J connectivity index is 2.40. The molecule has 0 aliphatic heterocycles. The topological polar surface area (TPSA) is 55.0 Å². The van der Waals surface area contributed by atoms with E-state index in [0.29, 0.717) is 11.6 Å². The fraction of sp³-hybridized carbons (Fsp3) is 0.154. The molecule has 92 valence electrons. The predicted octanol–water partition coefficient (Wildman–Crippen LogP) is 2.19. The van der Waals surface area contributed by atoms with Crippen molar-refractivity contribution in [1.82, 2.24) is 9.97 Å². The van der Waals surface area contributed by atoms with Crippen molar-refractivity contribution in [1.29, 1.82) is 0 Å². The number of anilines is 2. The van der Waals surface area contributed by atoms with E-state index in [0.717, 1.165) is 11.3 Å². The number of aryl methyl sites for hydroxylation is 1. The number of thiocarbonyl (C=S) groups is 1. The van der Waals surface area contributed by atoms with Gasteiger partial charge in [0.1, 0.15) is 10.7 Å². The summed E-state index contributed by atoms with van der Waals surface area (Å²) in [5.74, 6) is 0.578. The number of aromatic nitrogens is 2. The van der Waals surface area contributed by atoms with Crippen LogP contribution in [0.15, 0.2) is 36.5 Å². The number of nitrogens with zero attached hydrogens (tertiary/aromatic N) is 3. The molecule has 1 aromatic carbocycles. The largest absolute Gasteiger partial charge is 0.388 e. The lowest BCUT2D eigenvalue weighted by Gasteiger charge is -2.19. The number of hydrogen-bond donors (Lipinski definition) is 1. The minimum atomic E-state index is 0.275. The highest BCUT2D eigenvalue weighted by molar-refractivity contribution is 7.80. The molecule has 1 aromatic heterocycles. The average molecular weight is 258 g/mol. The molecule has 0 fully saturated rings. The van der Waals surface area contributed by atoms with Gasteiger partial charge in [-0.25, -0.2) is 9.97 Å². The smallest absolute Gasteiger partial charge is 0.230 e. The van der Waals surface area contributed by atoms with E-state index in [4.69, 9.17) is 18.0 Å². The molecule has 0 aliphatic carbocycles. The Morgan fingerprint density at radius 1 is 1.28 bits per heavy atom. The first kappa shape index (κ1) is 12.4. The van der Waals surface area contributed by atoms with Gasteiger partial charge in [0.05, 0.1) is 0 Å². The Hall–Kier alpha value is -2.01. The van der Waals surface area contributed by atoms with E-state index in [1.54, 1.807) is 12.3 Å². The molecule has 2 N–H and O–H groups in total. The van der Waals surface area contributed by atoms with Gasteiger partial charge < -0.3 is 10.6 Å². The van der Waals surface area contributed by atoms with Crippen molar-refractivity contribution >= 4 is 28.8 Å². The van der Waals surface area contributed by atoms with Crippen molar-refractivity contribution in [3.63, 3.8) is 0 Å². The van der Waals surface area contributed by atoms with Crippen LogP contribution in [0.25, 0.3) is 0 Å². The van der Waals surface area contributed by atoms with Gasteiger partial charge in [-0.1, -0.05) is 30.4 Å². The second-order valence-electron chi connectivity index (χ2n) is 3.95. The molecular weight excluding hydrogens is 244 g/mol. The first-order valence-corrected chi connectivity index (χ1v) is 5.92. The summed E-state index contributed by atoms with van der Waals surface area (Å²) in [5, 5.41) is 0. The summed E-state index contributed by atoms with van der Waals surface area (Å²) in [4.78, 5) is 10.8. The fourth-order valence-corrected chi connectivity index (χ4v) is 1.81. The van der Waals surface area contributed by atoms with Crippen LogP contribution in [-0.4, -0.2) is 22.0 Å². The monoisotopic (exact) mass is 258 g/mol. The highest BCUT2D eigenvalue weighted by Gasteiger charge is 2.10. The minimum Gasteiger partial charge on any atom is -0.388 e. The zero-order valence-electron chi connectivity index (χ0n) is 10.3. The van der Waals surface area contributed by atoms with Crippen LogP contribution in [0.3, 0.4) is 0 Å².